The highest BCUT2D eigenvalue weighted by atomic mass is 19.1. The van der Waals surface area contributed by atoms with Gasteiger partial charge in [0.1, 0.15) is 0 Å². The molecule has 0 N–H and O–H groups in total. The number of nitro groups is 1. The second-order valence-corrected chi connectivity index (χ2v) is 2.12. The Labute approximate surface area is 67.3 Å². The third kappa shape index (κ3) is 1.88. The molecule has 1 aromatic heterocycles. The van der Waals surface area contributed by atoms with Gasteiger partial charge in [-0.25, -0.2) is 4.68 Å². The van der Waals surface area contributed by atoms with Crippen molar-refractivity contribution in [3.63, 3.8) is 0 Å². The average molecular weight is 171 g/mol. The Morgan fingerprint density at radius 1 is 1.83 bits per heavy atom. The van der Waals surface area contributed by atoms with E-state index in [0.29, 0.717) is 6.20 Å². The summed E-state index contributed by atoms with van der Waals surface area (Å²) in [6, 6.07) is 1.11. The summed E-state index contributed by atoms with van der Waals surface area (Å²) in [4.78, 5) is 9.22. The molecule has 1 rings (SSSR count). The molecule has 6 heteroatoms. The molecule has 64 valence electrons. The van der Waals surface area contributed by atoms with Crippen molar-refractivity contribution in [2.75, 3.05) is 0 Å². The maximum Gasteiger partial charge on any atom is 0.236 e. The van der Waals surface area contributed by atoms with E-state index in [0.717, 1.165) is 16.8 Å². The Kier molecular flexibility index (Phi) is 2.18. The minimum atomic E-state index is -0.632. The standard InChI is InChI=1S/C6H6FN3O2/c1-9-6(7)4-5(8-9)2-3-10(11)12/h2-4H,1H3/b3-2+. The maximum atomic E-state index is 12.6. The summed E-state index contributed by atoms with van der Waals surface area (Å²) in [5, 5.41) is 13.5. The van der Waals surface area contributed by atoms with Crippen LogP contribution in [0.1, 0.15) is 5.69 Å². The summed E-state index contributed by atoms with van der Waals surface area (Å²) < 4.78 is 13.6. The smallest absolute Gasteiger partial charge is 0.236 e. The van der Waals surface area contributed by atoms with Crippen molar-refractivity contribution < 1.29 is 9.31 Å². The molecule has 0 aliphatic rings. The normalized spacial score (nSPS) is 10.8. The zero-order valence-corrected chi connectivity index (χ0v) is 6.27. The number of rotatable bonds is 2. The lowest BCUT2D eigenvalue weighted by Crippen LogP contribution is -1.93. The Bertz CT molecular complexity index is 312. The topological polar surface area (TPSA) is 61.0 Å². The van der Waals surface area contributed by atoms with E-state index in [1.165, 1.54) is 7.05 Å². The minimum Gasteiger partial charge on any atom is -0.259 e. The molecule has 0 saturated heterocycles. The van der Waals surface area contributed by atoms with Crippen molar-refractivity contribution in [3.8, 4) is 0 Å². The molecular formula is C6H6FN3O2. The van der Waals surface area contributed by atoms with Crippen LogP contribution in [0.2, 0.25) is 0 Å². The van der Waals surface area contributed by atoms with E-state index >= 15 is 0 Å². The van der Waals surface area contributed by atoms with Crippen LogP contribution >= 0.6 is 0 Å². The third-order valence-electron chi connectivity index (χ3n) is 1.21. The molecule has 0 atom stereocenters. The van der Waals surface area contributed by atoms with Crippen molar-refractivity contribution in [2.24, 2.45) is 7.05 Å². The van der Waals surface area contributed by atoms with E-state index < -0.39 is 10.9 Å². The van der Waals surface area contributed by atoms with Gasteiger partial charge < -0.3 is 0 Å². The molecule has 0 aromatic carbocycles. The zero-order chi connectivity index (χ0) is 9.14. The van der Waals surface area contributed by atoms with E-state index in [-0.39, 0.29) is 5.69 Å². The predicted molar refractivity (Wildman–Crippen MR) is 39.2 cm³/mol. The number of hydrogen-bond donors (Lipinski definition) is 0. The lowest BCUT2D eigenvalue weighted by molar-refractivity contribution is -0.401. The molecule has 5 nitrogen and oxygen atoms in total. The first kappa shape index (κ1) is 8.38. The molecule has 0 fully saturated rings. The molecule has 0 saturated carbocycles. The van der Waals surface area contributed by atoms with E-state index in [4.69, 9.17) is 0 Å². The highest BCUT2D eigenvalue weighted by Gasteiger charge is 2.00. The maximum absolute atomic E-state index is 12.6. The predicted octanol–water partition coefficient (Wildman–Crippen LogP) is 0.807. The zero-order valence-electron chi connectivity index (χ0n) is 6.27. The summed E-state index contributed by atoms with van der Waals surface area (Å²) in [5.41, 5.74) is 0.228. The first-order chi connectivity index (χ1) is 5.59. The van der Waals surface area contributed by atoms with Crippen LogP contribution in [0.25, 0.3) is 6.08 Å². The molecule has 0 radical (unpaired) electrons. The van der Waals surface area contributed by atoms with Gasteiger partial charge in [-0.3, -0.25) is 10.1 Å². The number of aryl methyl sites for hydroxylation is 1. The quantitative estimate of drug-likeness (QED) is 0.488. The van der Waals surface area contributed by atoms with Gasteiger partial charge in [0.15, 0.2) is 0 Å². The average Bonchev–Trinajstić information content (AvgIpc) is 2.28. The molecule has 1 heterocycles. The number of halogens is 1. The highest BCUT2D eigenvalue weighted by Crippen LogP contribution is 2.02. The van der Waals surface area contributed by atoms with Gasteiger partial charge in [-0.2, -0.15) is 9.49 Å². The first-order valence-corrected chi connectivity index (χ1v) is 3.11. The van der Waals surface area contributed by atoms with Crippen molar-refractivity contribution in [1.82, 2.24) is 9.78 Å². The molecule has 0 amide bonds. The van der Waals surface area contributed by atoms with Crippen molar-refractivity contribution in [2.45, 2.75) is 0 Å². The van der Waals surface area contributed by atoms with Crippen LogP contribution in [0.5, 0.6) is 0 Å². The highest BCUT2D eigenvalue weighted by molar-refractivity contribution is 5.41. The van der Waals surface area contributed by atoms with Crippen molar-refractivity contribution >= 4 is 6.08 Å². The van der Waals surface area contributed by atoms with Crippen LogP contribution in [0.15, 0.2) is 12.3 Å². The van der Waals surface area contributed by atoms with Crippen LogP contribution < -0.4 is 0 Å². The van der Waals surface area contributed by atoms with Gasteiger partial charge in [0.2, 0.25) is 12.1 Å². The molecule has 0 unspecified atom stereocenters. The summed E-state index contributed by atoms with van der Waals surface area (Å²) in [6.45, 7) is 0. The second-order valence-electron chi connectivity index (χ2n) is 2.12. The Balaban J connectivity index is 2.83. The molecule has 1 aromatic rings. The van der Waals surface area contributed by atoms with E-state index in [1.54, 1.807) is 0 Å². The minimum absolute atomic E-state index is 0.228. The molecule has 0 bridgehead atoms. The molecule has 0 spiro atoms. The first-order valence-electron chi connectivity index (χ1n) is 3.11. The number of nitrogens with zero attached hydrogens (tertiary/aromatic N) is 3. The van der Waals surface area contributed by atoms with E-state index in [2.05, 4.69) is 5.10 Å². The van der Waals surface area contributed by atoms with Crippen LogP contribution in [0, 0.1) is 16.1 Å². The lowest BCUT2D eigenvalue weighted by Gasteiger charge is -1.84. The van der Waals surface area contributed by atoms with Gasteiger partial charge in [0, 0.05) is 19.2 Å². The van der Waals surface area contributed by atoms with Crippen LogP contribution in [-0.4, -0.2) is 14.7 Å². The summed E-state index contributed by atoms with van der Waals surface area (Å²) >= 11 is 0. The van der Waals surface area contributed by atoms with Gasteiger partial charge in [0.25, 0.3) is 0 Å². The lowest BCUT2D eigenvalue weighted by atomic mass is 10.4. The Morgan fingerprint density at radius 2 is 2.50 bits per heavy atom. The summed E-state index contributed by atoms with van der Waals surface area (Å²) in [7, 11) is 1.42. The SMILES string of the molecule is Cn1nc(/C=C/[N+](=O)[O-])cc1F. The number of aromatic nitrogens is 2. The molecule has 0 aliphatic carbocycles. The molecule has 0 aliphatic heterocycles. The second kappa shape index (κ2) is 3.12. The van der Waals surface area contributed by atoms with Crippen LogP contribution in [0.4, 0.5) is 4.39 Å². The van der Waals surface area contributed by atoms with E-state index in [1.807, 2.05) is 0 Å². The van der Waals surface area contributed by atoms with Gasteiger partial charge in [-0.1, -0.05) is 0 Å². The third-order valence-corrected chi connectivity index (χ3v) is 1.21. The fraction of sp³-hybridized carbons (Fsp3) is 0.167. The fourth-order valence-corrected chi connectivity index (χ4v) is 0.684. The largest absolute Gasteiger partial charge is 0.259 e. The Hall–Kier alpha value is -1.72. The van der Waals surface area contributed by atoms with Gasteiger partial charge in [-0.15, -0.1) is 0 Å². The molecule has 12 heavy (non-hydrogen) atoms. The van der Waals surface area contributed by atoms with Gasteiger partial charge in [0.05, 0.1) is 10.6 Å². The van der Waals surface area contributed by atoms with Crippen LogP contribution in [0.3, 0.4) is 0 Å². The van der Waals surface area contributed by atoms with Crippen molar-refractivity contribution in [3.05, 3.63) is 34.0 Å². The summed E-state index contributed by atoms with van der Waals surface area (Å²) in [5.74, 6) is -0.530. The fourth-order valence-electron chi connectivity index (χ4n) is 0.684. The Morgan fingerprint density at radius 3 is 2.92 bits per heavy atom. The van der Waals surface area contributed by atoms with Gasteiger partial charge in [-0.05, 0) is 0 Å². The van der Waals surface area contributed by atoms with Gasteiger partial charge >= 0.3 is 0 Å². The van der Waals surface area contributed by atoms with Crippen LogP contribution in [-0.2, 0) is 7.05 Å². The molecular weight excluding hydrogens is 165 g/mol. The number of hydrogen-bond acceptors (Lipinski definition) is 3. The summed E-state index contributed by atoms with van der Waals surface area (Å²) in [6.07, 6.45) is 1.84. The monoisotopic (exact) mass is 171 g/mol. The van der Waals surface area contributed by atoms with Crippen molar-refractivity contribution in [1.29, 1.82) is 0 Å². The van der Waals surface area contributed by atoms with E-state index in [9.17, 15) is 14.5 Å².